The van der Waals surface area contributed by atoms with E-state index >= 15 is 0 Å². The Labute approximate surface area is 203 Å². The summed E-state index contributed by atoms with van der Waals surface area (Å²) < 4.78 is 5.21. The number of rotatable bonds is 9. The molecule has 7 nitrogen and oxygen atoms in total. The standard InChI is InChI=1S/C25H37N3O4.ClH/c1-2-32-25(31)22(20-7-4-3-5-8-20)17-27-24(30)21-9-6-16-28(18-21)23(29)11-10-19-12-14-26-15-13-19;/h3-5,7-8,19,21-22,26H,2,6,9-18H2,1H3,(H,27,30);1H/t21-,22?;/m1./s1. The average Bonchev–Trinajstić information content (AvgIpc) is 2.84. The summed E-state index contributed by atoms with van der Waals surface area (Å²) in [6, 6.07) is 9.38. The number of halogens is 1. The largest absolute Gasteiger partial charge is 0.465 e. The maximum atomic E-state index is 12.9. The van der Waals surface area contributed by atoms with Crippen molar-refractivity contribution in [3.63, 3.8) is 0 Å². The minimum atomic E-state index is -0.536. The van der Waals surface area contributed by atoms with Crippen molar-refractivity contribution >= 4 is 30.2 Å². The van der Waals surface area contributed by atoms with Gasteiger partial charge in [-0.15, -0.1) is 12.4 Å². The first kappa shape index (κ1) is 27.1. The number of carbonyl (C=O) groups excluding carboxylic acids is 3. The van der Waals surface area contributed by atoms with Gasteiger partial charge in [0.2, 0.25) is 11.8 Å². The highest BCUT2D eigenvalue weighted by molar-refractivity contribution is 5.85. The van der Waals surface area contributed by atoms with Crippen LogP contribution in [0.5, 0.6) is 0 Å². The van der Waals surface area contributed by atoms with Gasteiger partial charge >= 0.3 is 5.97 Å². The van der Waals surface area contributed by atoms with E-state index in [1.54, 1.807) is 6.92 Å². The van der Waals surface area contributed by atoms with Crippen molar-refractivity contribution in [1.82, 2.24) is 15.5 Å². The average molecular weight is 480 g/mol. The lowest BCUT2D eigenvalue weighted by molar-refractivity contribution is -0.145. The van der Waals surface area contributed by atoms with E-state index in [4.69, 9.17) is 4.74 Å². The molecule has 1 aromatic rings. The fourth-order valence-electron chi connectivity index (χ4n) is 4.69. The fourth-order valence-corrected chi connectivity index (χ4v) is 4.69. The predicted molar refractivity (Wildman–Crippen MR) is 130 cm³/mol. The molecule has 2 heterocycles. The van der Waals surface area contributed by atoms with Crippen LogP contribution in [0.2, 0.25) is 0 Å². The van der Waals surface area contributed by atoms with Crippen LogP contribution in [-0.2, 0) is 19.1 Å². The number of carbonyl (C=O) groups is 3. The van der Waals surface area contributed by atoms with Crippen molar-refractivity contribution in [2.24, 2.45) is 11.8 Å². The van der Waals surface area contributed by atoms with Gasteiger partial charge in [0.1, 0.15) is 0 Å². The lowest BCUT2D eigenvalue weighted by Gasteiger charge is -2.33. The number of hydrogen-bond acceptors (Lipinski definition) is 5. The molecule has 8 heteroatoms. The monoisotopic (exact) mass is 479 g/mol. The maximum Gasteiger partial charge on any atom is 0.315 e. The summed E-state index contributed by atoms with van der Waals surface area (Å²) in [6.45, 7) is 5.55. The lowest BCUT2D eigenvalue weighted by Crippen LogP contribution is -2.46. The summed E-state index contributed by atoms with van der Waals surface area (Å²) in [5, 5.41) is 6.31. The van der Waals surface area contributed by atoms with Crippen LogP contribution in [0.1, 0.15) is 56.9 Å². The van der Waals surface area contributed by atoms with Crippen molar-refractivity contribution in [2.45, 2.75) is 51.4 Å². The number of nitrogens with zero attached hydrogens (tertiary/aromatic N) is 1. The van der Waals surface area contributed by atoms with E-state index in [9.17, 15) is 14.4 Å². The Kier molecular flexibility index (Phi) is 11.7. The molecule has 0 saturated carbocycles. The SMILES string of the molecule is CCOC(=O)C(CNC(=O)[C@@H]1CCCN(C(=O)CCC2CCNCC2)C1)c1ccccc1.Cl. The van der Waals surface area contributed by atoms with Crippen LogP contribution in [0.4, 0.5) is 0 Å². The molecule has 2 aliphatic rings. The Bertz CT molecular complexity index is 755. The minimum absolute atomic E-state index is 0. The second-order valence-electron chi connectivity index (χ2n) is 8.87. The highest BCUT2D eigenvalue weighted by Gasteiger charge is 2.30. The zero-order valence-corrected chi connectivity index (χ0v) is 20.4. The van der Waals surface area contributed by atoms with Crippen LogP contribution in [-0.4, -0.2) is 62.0 Å². The molecule has 3 rings (SSSR count). The van der Waals surface area contributed by atoms with Gasteiger partial charge in [-0.05, 0) is 63.6 Å². The van der Waals surface area contributed by atoms with E-state index in [-0.39, 0.29) is 42.7 Å². The van der Waals surface area contributed by atoms with Crippen molar-refractivity contribution in [2.75, 3.05) is 39.3 Å². The summed E-state index contributed by atoms with van der Waals surface area (Å²) in [5.41, 5.74) is 0.824. The van der Waals surface area contributed by atoms with Gasteiger partial charge in [0.15, 0.2) is 0 Å². The molecule has 0 aromatic heterocycles. The smallest absolute Gasteiger partial charge is 0.315 e. The molecule has 2 atom stereocenters. The van der Waals surface area contributed by atoms with Crippen LogP contribution >= 0.6 is 12.4 Å². The zero-order valence-electron chi connectivity index (χ0n) is 19.6. The van der Waals surface area contributed by atoms with Gasteiger partial charge in [-0.25, -0.2) is 0 Å². The van der Waals surface area contributed by atoms with Crippen LogP contribution in [0.15, 0.2) is 30.3 Å². The molecular formula is C25H38ClN3O4. The number of hydrogen-bond donors (Lipinski definition) is 2. The number of likely N-dealkylation sites (tertiary alicyclic amines) is 1. The van der Waals surface area contributed by atoms with Gasteiger partial charge in [-0.2, -0.15) is 0 Å². The predicted octanol–water partition coefficient (Wildman–Crippen LogP) is 2.89. The highest BCUT2D eigenvalue weighted by Crippen LogP contribution is 2.22. The van der Waals surface area contributed by atoms with Crippen molar-refractivity contribution in [1.29, 1.82) is 0 Å². The molecule has 2 amide bonds. The van der Waals surface area contributed by atoms with Crippen LogP contribution in [0.25, 0.3) is 0 Å². The Balaban J connectivity index is 0.00000385. The maximum absolute atomic E-state index is 12.9. The molecule has 0 aliphatic carbocycles. The van der Waals surface area contributed by atoms with Gasteiger partial charge < -0.3 is 20.3 Å². The molecule has 0 spiro atoms. The summed E-state index contributed by atoms with van der Waals surface area (Å²) in [5.74, 6) is -0.406. The summed E-state index contributed by atoms with van der Waals surface area (Å²) in [6.07, 6.45) is 5.38. The normalized spacial score (nSPS) is 19.8. The van der Waals surface area contributed by atoms with E-state index in [1.807, 2.05) is 35.2 Å². The summed E-state index contributed by atoms with van der Waals surface area (Å²) in [7, 11) is 0. The molecule has 33 heavy (non-hydrogen) atoms. The minimum Gasteiger partial charge on any atom is -0.465 e. The van der Waals surface area contributed by atoms with Gasteiger partial charge in [0, 0.05) is 26.1 Å². The van der Waals surface area contributed by atoms with E-state index < -0.39 is 5.92 Å². The first-order chi connectivity index (χ1) is 15.6. The molecule has 184 valence electrons. The van der Waals surface area contributed by atoms with Crippen molar-refractivity contribution < 1.29 is 19.1 Å². The molecule has 2 N–H and O–H groups in total. The Hall–Kier alpha value is -2.12. The first-order valence-corrected chi connectivity index (χ1v) is 12.1. The summed E-state index contributed by atoms with van der Waals surface area (Å²) >= 11 is 0. The Morgan fingerprint density at radius 3 is 2.58 bits per heavy atom. The number of nitrogens with one attached hydrogen (secondary N) is 2. The molecular weight excluding hydrogens is 442 g/mol. The quantitative estimate of drug-likeness (QED) is 0.532. The van der Waals surface area contributed by atoms with Gasteiger partial charge in [-0.3, -0.25) is 14.4 Å². The second-order valence-corrected chi connectivity index (χ2v) is 8.87. The van der Waals surface area contributed by atoms with Crippen LogP contribution in [0.3, 0.4) is 0 Å². The van der Waals surface area contributed by atoms with Crippen LogP contribution < -0.4 is 10.6 Å². The lowest BCUT2D eigenvalue weighted by atomic mass is 9.92. The van der Waals surface area contributed by atoms with Crippen LogP contribution in [0, 0.1) is 11.8 Å². The van der Waals surface area contributed by atoms with Gasteiger partial charge in [0.25, 0.3) is 0 Å². The van der Waals surface area contributed by atoms with E-state index in [2.05, 4.69) is 10.6 Å². The summed E-state index contributed by atoms with van der Waals surface area (Å²) in [4.78, 5) is 39.9. The first-order valence-electron chi connectivity index (χ1n) is 12.1. The third-order valence-electron chi connectivity index (χ3n) is 6.62. The third kappa shape index (κ3) is 8.31. The molecule has 1 aromatic carbocycles. The molecule has 2 saturated heterocycles. The number of esters is 1. The second kappa shape index (κ2) is 14.2. The molecule has 0 bridgehead atoms. The Morgan fingerprint density at radius 1 is 1.15 bits per heavy atom. The molecule has 2 aliphatic heterocycles. The topological polar surface area (TPSA) is 87.7 Å². The fraction of sp³-hybridized carbons (Fsp3) is 0.640. The molecule has 1 unspecified atom stereocenters. The zero-order chi connectivity index (χ0) is 22.8. The molecule has 0 radical (unpaired) electrons. The van der Waals surface area contributed by atoms with Crippen molar-refractivity contribution in [3.05, 3.63) is 35.9 Å². The third-order valence-corrected chi connectivity index (χ3v) is 6.62. The van der Waals surface area contributed by atoms with Gasteiger partial charge in [0.05, 0.1) is 18.4 Å². The Morgan fingerprint density at radius 2 is 1.88 bits per heavy atom. The van der Waals surface area contributed by atoms with E-state index in [0.717, 1.165) is 57.3 Å². The van der Waals surface area contributed by atoms with E-state index in [0.29, 0.717) is 25.5 Å². The highest BCUT2D eigenvalue weighted by atomic mass is 35.5. The van der Waals surface area contributed by atoms with E-state index in [1.165, 1.54) is 0 Å². The number of benzene rings is 1. The number of amides is 2. The number of ether oxygens (including phenoxy) is 1. The number of piperidine rings is 2. The molecule has 2 fully saturated rings. The van der Waals surface area contributed by atoms with Crippen molar-refractivity contribution in [3.8, 4) is 0 Å². The van der Waals surface area contributed by atoms with Gasteiger partial charge in [-0.1, -0.05) is 30.3 Å².